The van der Waals surface area contributed by atoms with Crippen molar-refractivity contribution in [2.45, 2.75) is 44.6 Å². The van der Waals surface area contributed by atoms with E-state index in [1.54, 1.807) is 18.7 Å². The fourth-order valence-corrected chi connectivity index (χ4v) is 4.23. The largest absolute Gasteiger partial charge is 0.354 e. The fraction of sp³-hybridized carbons (Fsp3) is 0.500. The molecule has 0 aliphatic carbocycles. The maximum Gasteiger partial charge on any atom is 0.217 e. The topological polar surface area (TPSA) is 45.2 Å². The van der Waals surface area contributed by atoms with Crippen molar-refractivity contribution in [2.24, 2.45) is 5.92 Å². The van der Waals surface area contributed by atoms with Gasteiger partial charge in [-0.15, -0.1) is 11.8 Å². The molecule has 0 radical (unpaired) electrons. The highest BCUT2D eigenvalue weighted by molar-refractivity contribution is 7.98. The van der Waals surface area contributed by atoms with Crippen molar-refractivity contribution in [3.05, 3.63) is 29.8 Å². The van der Waals surface area contributed by atoms with Crippen LogP contribution in [0.1, 0.15) is 32.3 Å². The molecular formula is C20H27N3OS. The third-order valence-corrected chi connectivity index (χ3v) is 5.75. The lowest BCUT2D eigenvalue weighted by atomic mass is 9.98. The normalized spacial score (nSPS) is 20.2. The van der Waals surface area contributed by atoms with Gasteiger partial charge in [0.05, 0.1) is 11.6 Å². The van der Waals surface area contributed by atoms with Crippen LogP contribution >= 0.6 is 11.8 Å². The molecule has 1 aromatic heterocycles. The van der Waals surface area contributed by atoms with E-state index in [0.29, 0.717) is 5.92 Å². The summed E-state index contributed by atoms with van der Waals surface area (Å²) in [5, 5.41) is 4.35. The Labute approximate surface area is 154 Å². The Morgan fingerprint density at radius 3 is 2.84 bits per heavy atom. The van der Waals surface area contributed by atoms with Gasteiger partial charge in [-0.2, -0.15) is 0 Å². The summed E-state index contributed by atoms with van der Waals surface area (Å²) in [5.74, 6) is 1.57. The number of amides is 1. The van der Waals surface area contributed by atoms with Crippen molar-refractivity contribution < 1.29 is 4.79 Å². The number of hydrogen-bond acceptors (Lipinski definition) is 4. The first-order chi connectivity index (χ1) is 12.0. The van der Waals surface area contributed by atoms with Crippen molar-refractivity contribution in [3.63, 3.8) is 0 Å². The van der Waals surface area contributed by atoms with Crippen molar-refractivity contribution in [3.8, 4) is 0 Å². The van der Waals surface area contributed by atoms with Crippen molar-refractivity contribution in [2.75, 3.05) is 24.2 Å². The Morgan fingerprint density at radius 1 is 1.36 bits per heavy atom. The molecule has 1 amide bonds. The number of carbonyl (C=O) groups excluding carboxylic acids is 1. The summed E-state index contributed by atoms with van der Waals surface area (Å²) in [6.07, 6.45) is 4.35. The van der Waals surface area contributed by atoms with E-state index in [-0.39, 0.29) is 11.9 Å². The standard InChI is InChI=1S/C20H27N3OS/c1-5-6-15-11-23(12-19(15)21-14(3)24)20-9-13(2)17-8-7-16(25-4)10-18(17)22-20/h7-10,15,19H,5-6,11-12H2,1-4H3,(H,21,24). The predicted molar refractivity (Wildman–Crippen MR) is 106 cm³/mol. The predicted octanol–water partition coefficient (Wildman–Crippen LogP) is 4.01. The van der Waals surface area contributed by atoms with Crippen LogP contribution in [0.15, 0.2) is 29.2 Å². The van der Waals surface area contributed by atoms with Crippen LogP contribution in [0, 0.1) is 12.8 Å². The van der Waals surface area contributed by atoms with Gasteiger partial charge in [-0.3, -0.25) is 4.79 Å². The number of hydrogen-bond donors (Lipinski definition) is 1. The number of aromatic nitrogens is 1. The Hall–Kier alpha value is -1.75. The molecule has 0 saturated carbocycles. The zero-order valence-corrected chi connectivity index (χ0v) is 16.3. The molecule has 1 saturated heterocycles. The highest BCUT2D eigenvalue weighted by Gasteiger charge is 2.33. The van der Waals surface area contributed by atoms with Crippen molar-refractivity contribution in [1.82, 2.24) is 10.3 Å². The van der Waals surface area contributed by atoms with Crippen molar-refractivity contribution in [1.29, 1.82) is 0 Å². The lowest BCUT2D eigenvalue weighted by Gasteiger charge is -2.19. The second-order valence-electron chi connectivity index (χ2n) is 6.94. The van der Waals surface area contributed by atoms with Gasteiger partial charge < -0.3 is 10.2 Å². The lowest BCUT2D eigenvalue weighted by molar-refractivity contribution is -0.119. The lowest BCUT2D eigenvalue weighted by Crippen LogP contribution is -2.39. The second kappa shape index (κ2) is 7.65. The number of nitrogens with one attached hydrogen (secondary N) is 1. The summed E-state index contributed by atoms with van der Waals surface area (Å²) in [5.41, 5.74) is 2.31. The summed E-state index contributed by atoms with van der Waals surface area (Å²) < 4.78 is 0. The number of nitrogens with zero attached hydrogens (tertiary/aromatic N) is 2. The highest BCUT2D eigenvalue weighted by atomic mass is 32.2. The van der Waals surface area contributed by atoms with Gasteiger partial charge in [0.15, 0.2) is 0 Å². The average Bonchev–Trinajstić information content (AvgIpc) is 2.96. The number of carbonyl (C=O) groups is 1. The monoisotopic (exact) mass is 357 g/mol. The molecule has 1 aromatic carbocycles. The van der Waals surface area contributed by atoms with Gasteiger partial charge in [0.1, 0.15) is 5.82 Å². The van der Waals surface area contributed by atoms with Crippen LogP contribution in [-0.4, -0.2) is 36.3 Å². The average molecular weight is 358 g/mol. The Bertz CT molecular complexity index is 777. The van der Waals surface area contributed by atoms with Crippen LogP contribution in [0.3, 0.4) is 0 Å². The van der Waals surface area contributed by atoms with E-state index in [1.165, 1.54) is 15.8 Å². The molecule has 25 heavy (non-hydrogen) atoms. The molecule has 0 spiro atoms. The van der Waals surface area contributed by atoms with Gasteiger partial charge >= 0.3 is 0 Å². The van der Waals surface area contributed by atoms with Gasteiger partial charge in [0, 0.05) is 30.3 Å². The summed E-state index contributed by atoms with van der Waals surface area (Å²) in [6, 6.07) is 8.88. The highest BCUT2D eigenvalue weighted by Crippen LogP contribution is 2.30. The molecule has 5 heteroatoms. The molecule has 2 aromatic rings. The van der Waals surface area contributed by atoms with Crippen LogP contribution in [0.25, 0.3) is 10.9 Å². The van der Waals surface area contributed by atoms with Gasteiger partial charge in [-0.25, -0.2) is 4.98 Å². The van der Waals surface area contributed by atoms with Crippen LogP contribution in [0.2, 0.25) is 0 Å². The minimum Gasteiger partial charge on any atom is -0.354 e. The van der Waals surface area contributed by atoms with E-state index in [4.69, 9.17) is 4.98 Å². The fourth-order valence-electron chi connectivity index (χ4n) is 3.80. The molecule has 2 unspecified atom stereocenters. The minimum absolute atomic E-state index is 0.0558. The van der Waals surface area contributed by atoms with Crippen LogP contribution in [0.4, 0.5) is 5.82 Å². The quantitative estimate of drug-likeness (QED) is 0.822. The molecular weight excluding hydrogens is 330 g/mol. The summed E-state index contributed by atoms with van der Waals surface area (Å²) in [6.45, 7) is 7.75. The molecule has 1 aliphatic heterocycles. The van der Waals surface area contributed by atoms with Crippen LogP contribution < -0.4 is 10.2 Å². The summed E-state index contributed by atoms with van der Waals surface area (Å²) in [4.78, 5) is 20.0. The molecule has 2 heterocycles. The van der Waals surface area contributed by atoms with Gasteiger partial charge in [0.2, 0.25) is 5.91 Å². The minimum atomic E-state index is 0.0558. The maximum absolute atomic E-state index is 11.5. The third kappa shape index (κ3) is 3.92. The zero-order valence-electron chi connectivity index (χ0n) is 15.5. The van der Waals surface area contributed by atoms with E-state index >= 15 is 0 Å². The number of pyridine rings is 1. The van der Waals surface area contributed by atoms with Crippen LogP contribution in [0.5, 0.6) is 0 Å². The molecule has 1 N–H and O–H groups in total. The SMILES string of the molecule is CCCC1CN(c2cc(C)c3ccc(SC)cc3n2)CC1NC(C)=O. The summed E-state index contributed by atoms with van der Waals surface area (Å²) in [7, 11) is 0. The second-order valence-corrected chi connectivity index (χ2v) is 7.82. The van der Waals surface area contributed by atoms with E-state index in [2.05, 4.69) is 54.6 Å². The summed E-state index contributed by atoms with van der Waals surface area (Å²) >= 11 is 1.74. The van der Waals surface area contributed by atoms with Crippen molar-refractivity contribution >= 4 is 34.4 Å². The number of rotatable bonds is 5. The molecule has 4 nitrogen and oxygen atoms in total. The van der Waals surface area contributed by atoms with Gasteiger partial charge in [-0.05, 0) is 49.3 Å². The van der Waals surface area contributed by atoms with E-state index < -0.39 is 0 Å². The van der Waals surface area contributed by atoms with E-state index in [9.17, 15) is 4.79 Å². The Kier molecular flexibility index (Phi) is 5.52. The Morgan fingerprint density at radius 2 is 2.16 bits per heavy atom. The third-order valence-electron chi connectivity index (χ3n) is 5.02. The zero-order chi connectivity index (χ0) is 18.0. The first kappa shape index (κ1) is 18.1. The van der Waals surface area contributed by atoms with Gasteiger partial charge in [0.25, 0.3) is 0 Å². The number of benzene rings is 1. The first-order valence-corrected chi connectivity index (χ1v) is 10.2. The first-order valence-electron chi connectivity index (χ1n) is 8.99. The Balaban J connectivity index is 1.91. The van der Waals surface area contributed by atoms with Gasteiger partial charge in [-0.1, -0.05) is 19.4 Å². The molecule has 0 bridgehead atoms. The number of thioether (sulfide) groups is 1. The molecule has 1 aliphatic rings. The molecule has 2 atom stereocenters. The van der Waals surface area contributed by atoms with E-state index in [0.717, 1.165) is 37.3 Å². The molecule has 1 fully saturated rings. The number of fused-ring (bicyclic) bond motifs is 1. The smallest absolute Gasteiger partial charge is 0.217 e. The van der Waals surface area contributed by atoms with Crippen LogP contribution in [-0.2, 0) is 4.79 Å². The maximum atomic E-state index is 11.5. The number of aryl methyl sites for hydroxylation is 1. The number of anilines is 1. The van der Waals surface area contributed by atoms with E-state index in [1.807, 2.05) is 0 Å². The molecule has 134 valence electrons. The molecule has 3 rings (SSSR count).